The van der Waals surface area contributed by atoms with E-state index in [-0.39, 0.29) is 11.4 Å². The lowest BCUT2D eigenvalue weighted by atomic mass is 10.1. The molecule has 1 aliphatic rings. The maximum atomic E-state index is 13.2. The minimum Gasteiger partial charge on any atom is -0.236 e. The molecule has 1 aliphatic heterocycles. The number of nitrogens with zero attached hydrogens (tertiary/aromatic N) is 5. The van der Waals surface area contributed by atoms with E-state index >= 15 is 0 Å². The molecule has 0 amide bonds. The van der Waals surface area contributed by atoms with Crippen LogP contribution >= 0.6 is 11.7 Å². The maximum Gasteiger partial charge on any atom is 0.245 e. The molecule has 7 nitrogen and oxygen atoms in total. The fraction of sp³-hybridized carbons (Fsp3) is 0.158. The van der Waals surface area contributed by atoms with Crippen molar-refractivity contribution in [3.63, 3.8) is 0 Å². The molecule has 0 saturated heterocycles. The van der Waals surface area contributed by atoms with Crippen LogP contribution in [0.4, 0.5) is 0 Å². The Hall–Kier alpha value is -2.75. The molecule has 140 valence electrons. The highest BCUT2D eigenvalue weighted by Gasteiger charge is 2.31. The predicted octanol–water partition coefficient (Wildman–Crippen LogP) is 2.90. The van der Waals surface area contributed by atoms with Gasteiger partial charge in [-0.3, -0.25) is 0 Å². The maximum absolute atomic E-state index is 13.2. The third kappa shape index (κ3) is 2.88. The summed E-state index contributed by atoms with van der Waals surface area (Å²) in [6.45, 7) is 0.620. The van der Waals surface area contributed by atoms with Gasteiger partial charge in [-0.1, -0.05) is 36.4 Å². The highest BCUT2D eigenvalue weighted by atomic mass is 32.2. The zero-order valence-corrected chi connectivity index (χ0v) is 16.3. The van der Waals surface area contributed by atoms with Gasteiger partial charge in [0.15, 0.2) is 5.82 Å². The second-order valence-corrected chi connectivity index (χ2v) is 8.94. The average molecular weight is 409 g/mol. The van der Waals surface area contributed by atoms with Crippen molar-refractivity contribution in [3.05, 3.63) is 66.0 Å². The zero-order valence-electron chi connectivity index (χ0n) is 14.7. The second-order valence-electron chi connectivity index (χ2n) is 6.51. The molecule has 3 heterocycles. The molecule has 5 rings (SSSR count). The molecule has 4 aromatic rings. The molecule has 0 unspecified atom stereocenters. The second kappa shape index (κ2) is 6.69. The van der Waals surface area contributed by atoms with Crippen LogP contribution in [0.1, 0.15) is 11.3 Å². The van der Waals surface area contributed by atoms with E-state index in [0.29, 0.717) is 29.8 Å². The molecule has 0 spiro atoms. The largest absolute Gasteiger partial charge is 0.245 e. The standard InChI is InChI=1S/C19H15N5O2S2/c25-28(26,17-8-4-7-16-18(17)23-27-22-16)24-10-9-15-14(12-24)11-20-19(21-15)13-5-2-1-3-6-13/h1-8,11H,9-10,12H2. The van der Waals surface area contributed by atoms with E-state index in [1.807, 2.05) is 30.3 Å². The Bertz CT molecular complexity index is 1270. The number of hydrogen-bond donors (Lipinski definition) is 0. The van der Waals surface area contributed by atoms with Crippen LogP contribution in [0.5, 0.6) is 0 Å². The summed E-state index contributed by atoms with van der Waals surface area (Å²) in [6, 6.07) is 14.8. The molecule has 0 aliphatic carbocycles. The molecule has 2 aromatic carbocycles. The molecule has 0 bridgehead atoms. The van der Waals surface area contributed by atoms with Gasteiger partial charge in [0.1, 0.15) is 15.9 Å². The number of benzene rings is 2. The van der Waals surface area contributed by atoms with Crippen LogP contribution < -0.4 is 0 Å². The molecule has 0 saturated carbocycles. The Balaban J connectivity index is 1.48. The summed E-state index contributed by atoms with van der Waals surface area (Å²) < 4.78 is 36.2. The van der Waals surface area contributed by atoms with Crippen molar-refractivity contribution < 1.29 is 8.42 Å². The quantitative estimate of drug-likeness (QED) is 0.517. The lowest BCUT2D eigenvalue weighted by Gasteiger charge is -2.27. The minimum atomic E-state index is -3.68. The van der Waals surface area contributed by atoms with Gasteiger partial charge in [-0.25, -0.2) is 18.4 Å². The molecule has 0 fully saturated rings. The summed E-state index contributed by atoms with van der Waals surface area (Å²) in [4.78, 5) is 9.30. The van der Waals surface area contributed by atoms with E-state index in [0.717, 1.165) is 28.5 Å². The van der Waals surface area contributed by atoms with Crippen molar-refractivity contribution in [1.29, 1.82) is 0 Å². The third-order valence-corrected chi connectivity index (χ3v) is 7.22. The first-order chi connectivity index (χ1) is 13.6. The van der Waals surface area contributed by atoms with E-state index < -0.39 is 10.0 Å². The molecular formula is C19H15N5O2S2. The number of fused-ring (bicyclic) bond motifs is 2. The Labute approximate surface area is 166 Å². The van der Waals surface area contributed by atoms with Crippen LogP contribution in [-0.2, 0) is 23.0 Å². The summed E-state index contributed by atoms with van der Waals surface area (Å²) in [5.41, 5.74) is 3.70. The fourth-order valence-corrected chi connectivity index (χ4v) is 5.52. The fourth-order valence-electron chi connectivity index (χ4n) is 3.35. The van der Waals surface area contributed by atoms with Crippen LogP contribution in [-0.4, -0.2) is 38.0 Å². The van der Waals surface area contributed by atoms with Crippen LogP contribution in [0.15, 0.2) is 59.6 Å². The van der Waals surface area contributed by atoms with Gasteiger partial charge in [0.2, 0.25) is 10.0 Å². The monoisotopic (exact) mass is 409 g/mol. The normalized spacial score (nSPS) is 14.9. The van der Waals surface area contributed by atoms with E-state index in [9.17, 15) is 8.42 Å². The Morgan fingerprint density at radius 3 is 2.71 bits per heavy atom. The van der Waals surface area contributed by atoms with Crippen LogP contribution in [0.3, 0.4) is 0 Å². The van der Waals surface area contributed by atoms with Crippen molar-refractivity contribution in [2.75, 3.05) is 6.54 Å². The zero-order chi connectivity index (χ0) is 19.1. The minimum absolute atomic E-state index is 0.198. The number of hydrogen-bond acceptors (Lipinski definition) is 7. The van der Waals surface area contributed by atoms with Crippen molar-refractivity contribution in [3.8, 4) is 11.4 Å². The van der Waals surface area contributed by atoms with Gasteiger partial charge in [0.05, 0.1) is 17.4 Å². The Morgan fingerprint density at radius 1 is 1.00 bits per heavy atom. The average Bonchev–Trinajstić information content (AvgIpc) is 3.22. The van der Waals surface area contributed by atoms with Crippen molar-refractivity contribution >= 4 is 32.8 Å². The molecule has 0 radical (unpaired) electrons. The van der Waals surface area contributed by atoms with E-state index in [1.165, 1.54) is 4.31 Å². The van der Waals surface area contributed by atoms with Crippen LogP contribution in [0, 0.1) is 0 Å². The smallest absolute Gasteiger partial charge is 0.236 e. The van der Waals surface area contributed by atoms with Gasteiger partial charge in [-0.05, 0) is 12.1 Å². The van der Waals surface area contributed by atoms with Gasteiger partial charge in [-0.15, -0.1) is 0 Å². The van der Waals surface area contributed by atoms with Gasteiger partial charge in [-0.2, -0.15) is 13.1 Å². The van der Waals surface area contributed by atoms with Crippen LogP contribution in [0.25, 0.3) is 22.4 Å². The van der Waals surface area contributed by atoms with Crippen molar-refractivity contribution in [2.45, 2.75) is 17.9 Å². The summed E-state index contributed by atoms with van der Waals surface area (Å²) in [5.74, 6) is 0.661. The Morgan fingerprint density at radius 2 is 1.86 bits per heavy atom. The summed E-state index contributed by atoms with van der Waals surface area (Å²) >= 11 is 1.01. The molecule has 0 N–H and O–H groups in total. The molecular weight excluding hydrogens is 394 g/mol. The highest BCUT2D eigenvalue weighted by molar-refractivity contribution is 7.89. The van der Waals surface area contributed by atoms with Gasteiger partial charge < -0.3 is 0 Å². The summed E-state index contributed by atoms with van der Waals surface area (Å²) in [7, 11) is -3.68. The van der Waals surface area contributed by atoms with Gasteiger partial charge in [0.25, 0.3) is 0 Å². The van der Waals surface area contributed by atoms with Crippen molar-refractivity contribution in [1.82, 2.24) is 23.0 Å². The van der Waals surface area contributed by atoms with Gasteiger partial charge in [0, 0.05) is 36.8 Å². The summed E-state index contributed by atoms with van der Waals surface area (Å²) in [5, 5.41) is 0. The predicted molar refractivity (Wildman–Crippen MR) is 106 cm³/mol. The SMILES string of the molecule is O=S(=O)(c1cccc2nsnc12)N1CCc2nc(-c3ccccc3)ncc2C1. The Kier molecular flexibility index (Phi) is 4.15. The molecule has 2 aromatic heterocycles. The lowest BCUT2D eigenvalue weighted by molar-refractivity contribution is 0.387. The van der Waals surface area contributed by atoms with Crippen molar-refractivity contribution in [2.24, 2.45) is 0 Å². The first-order valence-corrected chi connectivity index (χ1v) is 10.9. The first-order valence-electron chi connectivity index (χ1n) is 8.74. The highest BCUT2D eigenvalue weighted by Crippen LogP contribution is 2.28. The molecule has 9 heteroatoms. The van der Waals surface area contributed by atoms with E-state index in [1.54, 1.807) is 24.4 Å². The number of sulfonamides is 1. The number of rotatable bonds is 3. The summed E-state index contributed by atoms with van der Waals surface area (Å²) in [6.07, 6.45) is 2.28. The van der Waals surface area contributed by atoms with E-state index in [2.05, 4.69) is 18.7 Å². The van der Waals surface area contributed by atoms with Gasteiger partial charge >= 0.3 is 0 Å². The van der Waals surface area contributed by atoms with E-state index in [4.69, 9.17) is 0 Å². The number of aromatic nitrogens is 4. The molecule has 0 atom stereocenters. The molecule has 28 heavy (non-hydrogen) atoms. The van der Waals surface area contributed by atoms with Crippen LogP contribution in [0.2, 0.25) is 0 Å². The topological polar surface area (TPSA) is 88.9 Å². The first kappa shape index (κ1) is 17.4. The third-order valence-electron chi connectivity index (χ3n) is 4.80. The lowest BCUT2D eigenvalue weighted by Crippen LogP contribution is -2.36.